The summed E-state index contributed by atoms with van der Waals surface area (Å²) in [4.78, 5) is 10.1. The molecule has 2 atom stereocenters. The zero-order chi connectivity index (χ0) is 18.7. The fraction of sp³-hybridized carbons (Fsp3) is 0.350. The Bertz CT molecular complexity index is 909. The molecule has 0 aliphatic carbocycles. The highest BCUT2D eigenvalue weighted by molar-refractivity contribution is 8.13. The molecule has 1 N–H and O–H groups in total. The van der Waals surface area contributed by atoms with Gasteiger partial charge in [-0.25, -0.2) is 0 Å². The number of aromatic nitrogens is 1. The summed E-state index contributed by atoms with van der Waals surface area (Å²) in [5.41, 5.74) is 3.11. The van der Waals surface area contributed by atoms with E-state index in [1.807, 2.05) is 20.2 Å². The van der Waals surface area contributed by atoms with Gasteiger partial charge in [0.05, 0.1) is 5.54 Å². The first-order chi connectivity index (χ1) is 12.5. The van der Waals surface area contributed by atoms with Crippen LogP contribution in [-0.4, -0.2) is 40.5 Å². The molecule has 2 aromatic rings. The molecule has 1 unspecified atom stereocenters. The summed E-state index contributed by atoms with van der Waals surface area (Å²) in [5.74, 6) is 7.98. The van der Waals surface area contributed by atoms with Gasteiger partial charge in [0.15, 0.2) is 0 Å². The molecule has 1 aliphatic rings. The number of nitrogens with one attached hydrogen (secondary N) is 1. The van der Waals surface area contributed by atoms with E-state index in [9.17, 15) is 0 Å². The molecule has 26 heavy (non-hydrogen) atoms. The van der Waals surface area contributed by atoms with Gasteiger partial charge in [0.1, 0.15) is 0 Å². The molecule has 136 valence electrons. The Hall–Kier alpha value is -2.10. The molecule has 2 aromatic heterocycles. The van der Waals surface area contributed by atoms with Crippen LogP contribution in [0, 0.1) is 11.8 Å². The SMILES string of the molecule is CC#Cc1cncc(-c2csc([C@]3(C)C/S(=C\C)N(C)C(=NC)N3)c2)c1. The number of thiophene rings is 1. The summed E-state index contributed by atoms with van der Waals surface area (Å²) in [5, 5.41) is 8.12. The topological polar surface area (TPSA) is 40.5 Å². The largest absolute Gasteiger partial charge is 0.345 e. The van der Waals surface area contributed by atoms with Gasteiger partial charge >= 0.3 is 0 Å². The lowest BCUT2D eigenvalue weighted by atomic mass is 10.0. The fourth-order valence-corrected chi connectivity index (χ4v) is 6.00. The minimum atomic E-state index is -0.131. The van der Waals surface area contributed by atoms with Crippen molar-refractivity contribution in [2.75, 3.05) is 19.8 Å². The van der Waals surface area contributed by atoms with Gasteiger partial charge in [-0.05, 0) is 49.2 Å². The smallest absolute Gasteiger partial charge is 0.203 e. The Labute approximate surface area is 162 Å². The van der Waals surface area contributed by atoms with Crippen LogP contribution in [0.25, 0.3) is 11.1 Å². The molecule has 0 saturated carbocycles. The lowest BCUT2D eigenvalue weighted by molar-refractivity contribution is 0.466. The van der Waals surface area contributed by atoms with Crippen LogP contribution in [0.4, 0.5) is 0 Å². The van der Waals surface area contributed by atoms with Crippen molar-refractivity contribution in [1.82, 2.24) is 14.6 Å². The fourth-order valence-electron chi connectivity index (χ4n) is 3.02. The monoisotopic (exact) mass is 384 g/mol. The van der Waals surface area contributed by atoms with Crippen molar-refractivity contribution in [1.29, 1.82) is 0 Å². The van der Waals surface area contributed by atoms with Gasteiger partial charge in [-0.3, -0.25) is 14.3 Å². The predicted molar refractivity (Wildman–Crippen MR) is 116 cm³/mol. The van der Waals surface area contributed by atoms with Crippen LogP contribution in [0.1, 0.15) is 31.2 Å². The summed E-state index contributed by atoms with van der Waals surface area (Å²) in [6.07, 6.45) is 3.71. The number of rotatable bonds is 2. The number of pyridine rings is 1. The Kier molecular flexibility index (Phi) is 5.49. The van der Waals surface area contributed by atoms with Crippen LogP contribution < -0.4 is 5.32 Å². The van der Waals surface area contributed by atoms with E-state index < -0.39 is 0 Å². The van der Waals surface area contributed by atoms with E-state index >= 15 is 0 Å². The minimum absolute atomic E-state index is 0.0533. The second-order valence-electron chi connectivity index (χ2n) is 6.32. The second kappa shape index (κ2) is 7.65. The van der Waals surface area contributed by atoms with E-state index in [2.05, 4.69) is 75.2 Å². The quantitative estimate of drug-likeness (QED) is 0.630. The van der Waals surface area contributed by atoms with E-state index in [0.717, 1.165) is 22.8 Å². The number of nitrogens with zero attached hydrogens (tertiary/aromatic N) is 3. The highest BCUT2D eigenvalue weighted by Crippen LogP contribution is 2.39. The molecular weight excluding hydrogens is 360 g/mol. The van der Waals surface area contributed by atoms with Gasteiger partial charge in [-0.1, -0.05) is 16.6 Å². The van der Waals surface area contributed by atoms with Crippen molar-refractivity contribution in [3.05, 3.63) is 40.3 Å². The molecule has 3 rings (SSSR count). The summed E-state index contributed by atoms with van der Waals surface area (Å²) in [7, 11) is 4.00. The third-order valence-electron chi connectivity index (χ3n) is 4.44. The highest BCUT2D eigenvalue weighted by atomic mass is 32.2. The van der Waals surface area contributed by atoms with Gasteiger partial charge in [0, 0.05) is 48.2 Å². The number of aliphatic imine (C=N–C) groups is 1. The van der Waals surface area contributed by atoms with E-state index in [1.54, 1.807) is 17.5 Å². The molecule has 4 nitrogen and oxygen atoms in total. The predicted octanol–water partition coefficient (Wildman–Crippen LogP) is 3.92. The van der Waals surface area contributed by atoms with Crippen LogP contribution in [0.15, 0.2) is 34.9 Å². The molecule has 1 saturated heterocycles. The van der Waals surface area contributed by atoms with Crippen LogP contribution in [-0.2, 0) is 5.54 Å². The van der Waals surface area contributed by atoms with E-state index in [-0.39, 0.29) is 16.2 Å². The number of hydrogen-bond donors (Lipinski definition) is 1. The molecule has 1 fully saturated rings. The first-order valence-electron chi connectivity index (χ1n) is 8.46. The van der Waals surface area contributed by atoms with Crippen LogP contribution in [0.3, 0.4) is 0 Å². The summed E-state index contributed by atoms with van der Waals surface area (Å²) < 4.78 is 2.23. The van der Waals surface area contributed by atoms with Crippen LogP contribution in [0.5, 0.6) is 0 Å². The van der Waals surface area contributed by atoms with E-state index in [0.29, 0.717) is 0 Å². The van der Waals surface area contributed by atoms with Crippen molar-refractivity contribution >= 4 is 33.3 Å². The third-order valence-corrected chi connectivity index (χ3v) is 7.93. The molecule has 0 aromatic carbocycles. The number of hydrogen-bond acceptors (Lipinski definition) is 3. The summed E-state index contributed by atoms with van der Waals surface area (Å²) >= 11 is 1.79. The standard InChI is InChI=1S/C20H24N4S2/c1-6-8-15-9-16(12-22-11-15)17-10-18(25-13-17)20(3)14-26(7-2)24(5)19(21-4)23-20/h7,9-13H,14H2,1-5H3,(H,21,23)/t20-,26?/m0/s1. The molecule has 1 aliphatic heterocycles. The maximum Gasteiger partial charge on any atom is 0.203 e. The zero-order valence-corrected chi connectivity index (χ0v) is 17.5. The molecular formula is C20H24N4S2. The van der Waals surface area contributed by atoms with Crippen molar-refractivity contribution in [2.24, 2.45) is 4.99 Å². The Morgan fingerprint density at radius 1 is 1.38 bits per heavy atom. The first kappa shape index (κ1) is 18.7. The number of guanidine groups is 1. The van der Waals surface area contributed by atoms with Crippen molar-refractivity contribution < 1.29 is 0 Å². The Morgan fingerprint density at radius 2 is 2.19 bits per heavy atom. The van der Waals surface area contributed by atoms with Crippen LogP contribution in [0.2, 0.25) is 0 Å². The Morgan fingerprint density at radius 3 is 2.88 bits per heavy atom. The maximum atomic E-state index is 4.44. The molecule has 6 heteroatoms. The highest BCUT2D eigenvalue weighted by Gasteiger charge is 2.36. The van der Waals surface area contributed by atoms with Crippen LogP contribution >= 0.6 is 22.0 Å². The van der Waals surface area contributed by atoms with E-state index in [4.69, 9.17) is 0 Å². The van der Waals surface area contributed by atoms with Gasteiger partial charge in [-0.15, -0.1) is 17.3 Å². The van der Waals surface area contributed by atoms with Gasteiger partial charge < -0.3 is 5.32 Å². The van der Waals surface area contributed by atoms with Gasteiger partial charge in [-0.2, -0.15) is 0 Å². The van der Waals surface area contributed by atoms with Gasteiger partial charge in [0.2, 0.25) is 5.96 Å². The first-order valence-corrected chi connectivity index (χ1v) is 10.8. The normalized spacial score (nSPS) is 24.3. The summed E-state index contributed by atoms with van der Waals surface area (Å²) in [6.45, 7) is 6.24. The zero-order valence-electron chi connectivity index (χ0n) is 15.8. The van der Waals surface area contributed by atoms with Crippen molar-refractivity contribution in [2.45, 2.75) is 26.3 Å². The minimum Gasteiger partial charge on any atom is -0.345 e. The lowest BCUT2D eigenvalue weighted by Crippen LogP contribution is -2.55. The van der Waals surface area contributed by atoms with Crippen molar-refractivity contribution in [3.8, 4) is 23.0 Å². The molecule has 0 amide bonds. The molecule has 3 heterocycles. The van der Waals surface area contributed by atoms with Gasteiger partial charge in [0.25, 0.3) is 0 Å². The average molecular weight is 385 g/mol. The lowest BCUT2D eigenvalue weighted by Gasteiger charge is -2.42. The van der Waals surface area contributed by atoms with Crippen molar-refractivity contribution in [3.63, 3.8) is 0 Å². The molecule has 0 bridgehead atoms. The maximum absolute atomic E-state index is 4.44. The molecule has 0 spiro atoms. The second-order valence-corrected chi connectivity index (χ2v) is 9.34. The Balaban J connectivity index is 1.96. The average Bonchev–Trinajstić information content (AvgIpc) is 3.15. The van der Waals surface area contributed by atoms with E-state index in [1.165, 1.54) is 10.4 Å². The summed E-state index contributed by atoms with van der Waals surface area (Å²) in [6, 6.07) is 4.37. The third kappa shape index (κ3) is 3.55. The molecule has 0 radical (unpaired) electrons.